The van der Waals surface area contributed by atoms with Crippen LogP contribution in [0.15, 0.2) is 36.4 Å². The molecule has 0 spiro atoms. The number of alkyl halides is 2. The van der Waals surface area contributed by atoms with E-state index in [2.05, 4.69) is 5.32 Å². The van der Waals surface area contributed by atoms with Crippen LogP contribution in [0.25, 0.3) is 10.8 Å². The molecule has 2 aromatic carbocycles. The number of halogens is 2. The van der Waals surface area contributed by atoms with Gasteiger partial charge in [-0.3, -0.25) is 0 Å². The van der Waals surface area contributed by atoms with Crippen LogP contribution in [0.1, 0.15) is 51.5 Å². The lowest BCUT2D eigenvalue weighted by Gasteiger charge is -2.33. The molecule has 1 aliphatic carbocycles. The second-order valence-electron chi connectivity index (χ2n) is 8.46. The Morgan fingerprint density at radius 2 is 1.83 bits per heavy atom. The van der Waals surface area contributed by atoms with Crippen LogP contribution in [0.5, 0.6) is 5.75 Å². The number of nitrogens with one attached hydrogen (secondary N) is 1. The Kier molecular flexibility index (Phi) is 5.13. The third-order valence-electron chi connectivity index (χ3n) is 6.36. The number of carbonyl (C=O) groups is 1. The van der Waals surface area contributed by atoms with Gasteiger partial charge < -0.3 is 14.8 Å². The molecule has 0 radical (unpaired) electrons. The van der Waals surface area contributed by atoms with Crippen LogP contribution in [0, 0.1) is 5.92 Å². The SMILES string of the molecule is CCC(F)(F)C1CCC(Oc2ccc3cc(C4(C)COC(=O)N4)ccc3c2)CC1. The molecular weight excluding hydrogens is 376 g/mol. The zero-order valence-electron chi connectivity index (χ0n) is 16.8. The highest BCUT2D eigenvalue weighted by Gasteiger charge is 2.40. The van der Waals surface area contributed by atoms with E-state index in [0.29, 0.717) is 32.3 Å². The van der Waals surface area contributed by atoms with Gasteiger partial charge in [0.1, 0.15) is 12.4 Å². The molecule has 1 heterocycles. The summed E-state index contributed by atoms with van der Waals surface area (Å²) in [7, 11) is 0. The Balaban J connectivity index is 1.44. The largest absolute Gasteiger partial charge is 0.490 e. The molecule has 6 heteroatoms. The smallest absolute Gasteiger partial charge is 0.408 e. The number of rotatable bonds is 5. The van der Waals surface area contributed by atoms with Crippen molar-refractivity contribution < 1.29 is 23.0 Å². The second-order valence-corrected chi connectivity index (χ2v) is 8.46. The van der Waals surface area contributed by atoms with Crippen LogP contribution in [-0.2, 0) is 10.3 Å². The number of fused-ring (bicyclic) bond motifs is 1. The standard InChI is InChI=1S/C23H27F2NO3/c1-3-23(24,25)17-7-10-19(11-8-17)29-20-9-5-15-12-18(6-4-16(15)13-20)22(2)14-28-21(27)26-22/h4-6,9,12-13,17,19H,3,7-8,10-11,14H2,1-2H3,(H,26,27). The Morgan fingerprint density at radius 1 is 1.14 bits per heavy atom. The second kappa shape index (κ2) is 7.47. The Bertz CT molecular complexity index is 908. The van der Waals surface area contributed by atoms with Crippen LogP contribution in [0.4, 0.5) is 13.6 Å². The van der Waals surface area contributed by atoms with E-state index in [-0.39, 0.29) is 12.5 Å². The van der Waals surface area contributed by atoms with E-state index in [1.807, 2.05) is 43.3 Å². The number of alkyl carbamates (subject to hydrolysis) is 1. The molecule has 1 aliphatic heterocycles. The number of carbonyl (C=O) groups excluding carboxylic acids is 1. The molecule has 156 valence electrons. The highest BCUT2D eigenvalue weighted by molar-refractivity contribution is 5.85. The molecule has 0 bridgehead atoms. The maximum atomic E-state index is 13.9. The van der Waals surface area contributed by atoms with Crippen LogP contribution in [0.3, 0.4) is 0 Å². The molecule has 2 aliphatic rings. The van der Waals surface area contributed by atoms with Gasteiger partial charge in [0, 0.05) is 12.3 Å². The molecule has 29 heavy (non-hydrogen) atoms. The van der Waals surface area contributed by atoms with E-state index < -0.39 is 23.5 Å². The zero-order chi connectivity index (χ0) is 20.6. The summed E-state index contributed by atoms with van der Waals surface area (Å²) in [6.07, 6.45) is 1.84. The first kappa shape index (κ1) is 19.9. The van der Waals surface area contributed by atoms with Crippen molar-refractivity contribution in [3.8, 4) is 5.75 Å². The lowest BCUT2D eigenvalue weighted by atomic mass is 9.82. The minimum atomic E-state index is -2.56. The number of amides is 1. The van der Waals surface area contributed by atoms with Crippen molar-refractivity contribution in [1.29, 1.82) is 0 Å². The molecule has 4 rings (SSSR count). The van der Waals surface area contributed by atoms with Crippen molar-refractivity contribution in [3.63, 3.8) is 0 Å². The van der Waals surface area contributed by atoms with Crippen LogP contribution in [-0.4, -0.2) is 24.7 Å². The average Bonchev–Trinajstić information content (AvgIpc) is 3.08. The van der Waals surface area contributed by atoms with Crippen molar-refractivity contribution in [3.05, 3.63) is 42.0 Å². The predicted octanol–water partition coefficient (Wildman–Crippen LogP) is 5.78. The molecular formula is C23H27F2NO3. The normalized spacial score (nSPS) is 27.5. The summed E-state index contributed by atoms with van der Waals surface area (Å²) in [5, 5.41) is 4.93. The Hall–Kier alpha value is -2.37. The monoisotopic (exact) mass is 403 g/mol. The van der Waals surface area contributed by atoms with Crippen molar-refractivity contribution >= 4 is 16.9 Å². The first-order valence-corrected chi connectivity index (χ1v) is 10.3. The third-order valence-corrected chi connectivity index (χ3v) is 6.36. The van der Waals surface area contributed by atoms with E-state index in [9.17, 15) is 13.6 Å². The summed E-state index contributed by atoms with van der Waals surface area (Å²) in [6.45, 7) is 3.80. The fraction of sp³-hybridized carbons (Fsp3) is 0.522. The minimum Gasteiger partial charge on any atom is -0.490 e. The lowest BCUT2D eigenvalue weighted by Crippen LogP contribution is -2.37. The summed E-state index contributed by atoms with van der Waals surface area (Å²) >= 11 is 0. The van der Waals surface area contributed by atoms with E-state index in [1.165, 1.54) is 0 Å². The maximum Gasteiger partial charge on any atom is 0.408 e. The highest BCUT2D eigenvalue weighted by Crippen LogP contribution is 2.39. The highest BCUT2D eigenvalue weighted by atomic mass is 19.3. The molecule has 1 saturated heterocycles. The first-order chi connectivity index (χ1) is 13.8. The number of hydrogen-bond donors (Lipinski definition) is 1. The summed E-state index contributed by atoms with van der Waals surface area (Å²) in [5.41, 5.74) is 0.458. The number of cyclic esters (lactones) is 1. The fourth-order valence-corrected chi connectivity index (χ4v) is 4.39. The van der Waals surface area contributed by atoms with Gasteiger partial charge in [-0.05, 0) is 67.1 Å². The van der Waals surface area contributed by atoms with E-state index in [0.717, 1.165) is 22.1 Å². The summed E-state index contributed by atoms with van der Waals surface area (Å²) in [4.78, 5) is 11.4. The van der Waals surface area contributed by atoms with Crippen molar-refractivity contribution in [2.75, 3.05) is 6.61 Å². The van der Waals surface area contributed by atoms with Gasteiger partial charge in [-0.1, -0.05) is 25.1 Å². The lowest BCUT2D eigenvalue weighted by molar-refractivity contribution is -0.0819. The van der Waals surface area contributed by atoms with E-state index in [1.54, 1.807) is 6.92 Å². The van der Waals surface area contributed by atoms with E-state index >= 15 is 0 Å². The van der Waals surface area contributed by atoms with Crippen LogP contribution >= 0.6 is 0 Å². The van der Waals surface area contributed by atoms with Crippen LogP contribution < -0.4 is 10.1 Å². The molecule has 2 aromatic rings. The quantitative estimate of drug-likeness (QED) is 0.689. The molecule has 1 N–H and O–H groups in total. The Morgan fingerprint density at radius 3 is 2.48 bits per heavy atom. The fourth-order valence-electron chi connectivity index (χ4n) is 4.39. The molecule has 1 unspecified atom stereocenters. The summed E-state index contributed by atoms with van der Waals surface area (Å²) in [6, 6.07) is 11.9. The van der Waals surface area contributed by atoms with Crippen LogP contribution in [0.2, 0.25) is 0 Å². The van der Waals surface area contributed by atoms with Crippen molar-refractivity contribution in [2.45, 2.75) is 63.5 Å². The average molecular weight is 403 g/mol. The van der Waals surface area contributed by atoms with Gasteiger partial charge in [0.2, 0.25) is 0 Å². The van der Waals surface area contributed by atoms with Gasteiger partial charge in [-0.15, -0.1) is 0 Å². The molecule has 0 aromatic heterocycles. The Labute approximate surface area is 169 Å². The predicted molar refractivity (Wildman–Crippen MR) is 107 cm³/mol. The van der Waals surface area contributed by atoms with Crippen molar-refractivity contribution in [1.82, 2.24) is 5.32 Å². The summed E-state index contributed by atoms with van der Waals surface area (Å²) in [5.74, 6) is -2.32. The van der Waals surface area contributed by atoms with Crippen molar-refractivity contribution in [2.24, 2.45) is 5.92 Å². The molecule has 1 saturated carbocycles. The van der Waals surface area contributed by atoms with E-state index in [4.69, 9.17) is 9.47 Å². The molecule has 4 nitrogen and oxygen atoms in total. The molecule has 1 amide bonds. The third kappa shape index (κ3) is 4.02. The number of hydrogen-bond acceptors (Lipinski definition) is 3. The van der Waals surface area contributed by atoms with Gasteiger partial charge in [0.15, 0.2) is 0 Å². The molecule has 1 atom stereocenters. The molecule has 2 fully saturated rings. The maximum absolute atomic E-state index is 13.9. The topological polar surface area (TPSA) is 47.6 Å². The van der Waals surface area contributed by atoms with Gasteiger partial charge in [-0.2, -0.15) is 0 Å². The van der Waals surface area contributed by atoms with Gasteiger partial charge in [0.25, 0.3) is 5.92 Å². The van der Waals surface area contributed by atoms with Gasteiger partial charge >= 0.3 is 6.09 Å². The number of ether oxygens (including phenoxy) is 2. The first-order valence-electron chi connectivity index (χ1n) is 10.3. The summed E-state index contributed by atoms with van der Waals surface area (Å²) < 4.78 is 38.9. The van der Waals surface area contributed by atoms with Gasteiger partial charge in [-0.25, -0.2) is 13.6 Å². The minimum absolute atomic E-state index is 0.0135. The zero-order valence-corrected chi connectivity index (χ0v) is 16.8. The number of benzene rings is 2. The van der Waals surface area contributed by atoms with Gasteiger partial charge in [0.05, 0.1) is 11.6 Å².